The van der Waals surface area contributed by atoms with Crippen LogP contribution in [0, 0.1) is 35.5 Å². The summed E-state index contributed by atoms with van der Waals surface area (Å²) in [7, 11) is -13.5. The van der Waals surface area contributed by atoms with E-state index in [1.807, 2.05) is 0 Å². The van der Waals surface area contributed by atoms with Crippen molar-refractivity contribution in [3.63, 3.8) is 0 Å². The van der Waals surface area contributed by atoms with Crippen LogP contribution in [-0.2, 0) is 48.8 Å². The van der Waals surface area contributed by atoms with E-state index in [-0.39, 0.29) is 75.1 Å². The molecule has 0 aliphatic heterocycles. The van der Waals surface area contributed by atoms with E-state index in [0.29, 0.717) is 0 Å². The predicted molar refractivity (Wildman–Crippen MR) is 267 cm³/mol. The van der Waals surface area contributed by atoms with Gasteiger partial charge in [-0.2, -0.15) is 0 Å². The maximum absolute atomic E-state index is 15.2. The SMILES string of the molecule is CCCCC(CC)COP(=O)(OCC(CC)CCCC)[O][In]([O]P(=O)(OCC(CC)CCCC)OCC(CC)CCCC)[O]P(=O)(OCC(CC)CCCC)OCC(CC)CCCC. The van der Waals surface area contributed by atoms with E-state index in [1.54, 1.807) is 0 Å². The van der Waals surface area contributed by atoms with Crippen molar-refractivity contribution >= 4 is 46.2 Å². The van der Waals surface area contributed by atoms with E-state index in [9.17, 15) is 0 Å². The van der Waals surface area contributed by atoms with Gasteiger partial charge in [0.15, 0.2) is 0 Å². The van der Waals surface area contributed by atoms with Crippen LogP contribution in [0.3, 0.4) is 0 Å². The Hall–Kier alpha value is 1.20. The molecule has 0 N–H and O–H groups in total. The molecule has 0 bridgehead atoms. The quantitative estimate of drug-likeness (QED) is 0.0537. The summed E-state index contributed by atoms with van der Waals surface area (Å²) >= 11 is -5.24. The number of phosphoric ester groups is 3. The van der Waals surface area contributed by atoms with Gasteiger partial charge in [-0.15, -0.1) is 0 Å². The van der Waals surface area contributed by atoms with E-state index in [4.69, 9.17) is 35.1 Å². The minimum atomic E-state index is -5.24. The van der Waals surface area contributed by atoms with Crippen LogP contribution in [0.2, 0.25) is 0 Å². The molecule has 384 valence electrons. The van der Waals surface area contributed by atoms with Gasteiger partial charge in [0.25, 0.3) is 0 Å². The number of hydrogen-bond donors (Lipinski definition) is 0. The molecule has 64 heavy (non-hydrogen) atoms. The first kappa shape index (κ1) is 65.2. The van der Waals surface area contributed by atoms with Gasteiger partial charge in [0.05, 0.1) is 0 Å². The van der Waals surface area contributed by atoms with Crippen LogP contribution in [0.4, 0.5) is 0 Å². The molecular weight excluding hydrogens is 976 g/mol. The normalized spacial score (nSPS) is 17.8. The number of phosphoric acid groups is 3. The Labute approximate surface area is 405 Å². The number of rotatable bonds is 48. The van der Waals surface area contributed by atoms with Crippen molar-refractivity contribution in [3.8, 4) is 0 Å². The van der Waals surface area contributed by atoms with E-state index < -0.39 is 46.2 Å². The van der Waals surface area contributed by atoms with Crippen molar-refractivity contribution in [2.24, 2.45) is 35.5 Å². The topological polar surface area (TPSA) is 134 Å². The molecule has 0 aromatic rings. The first-order chi connectivity index (χ1) is 30.7. The van der Waals surface area contributed by atoms with Crippen LogP contribution < -0.4 is 0 Å². The third kappa shape index (κ3) is 31.4. The van der Waals surface area contributed by atoms with Crippen molar-refractivity contribution in [1.82, 2.24) is 0 Å². The van der Waals surface area contributed by atoms with Gasteiger partial charge in [0, 0.05) is 0 Å². The third-order valence-corrected chi connectivity index (χ3v) is 27.9. The van der Waals surface area contributed by atoms with Gasteiger partial charge in [0.2, 0.25) is 0 Å². The second-order valence-electron chi connectivity index (χ2n) is 18.2. The second-order valence-corrected chi connectivity index (χ2v) is 30.1. The van der Waals surface area contributed by atoms with Crippen molar-refractivity contribution in [2.75, 3.05) is 39.6 Å². The maximum atomic E-state index is 15.2. The summed E-state index contributed by atoms with van der Waals surface area (Å²) in [5.41, 5.74) is 0. The Balaban J connectivity index is 7.58. The molecule has 6 atom stereocenters. The molecule has 0 aromatic heterocycles. The molecule has 0 aromatic carbocycles. The zero-order valence-corrected chi connectivity index (χ0v) is 49.5. The van der Waals surface area contributed by atoms with Gasteiger partial charge >= 0.3 is 407 Å². The van der Waals surface area contributed by atoms with Gasteiger partial charge < -0.3 is 0 Å². The van der Waals surface area contributed by atoms with Crippen molar-refractivity contribution in [3.05, 3.63) is 0 Å². The molecule has 12 nitrogen and oxygen atoms in total. The summed E-state index contributed by atoms with van der Waals surface area (Å²) in [5.74, 6) is 0.583. The molecule has 0 fully saturated rings. The molecular formula is C48H102InO12P3. The summed E-state index contributed by atoms with van der Waals surface area (Å²) in [4.78, 5) is 0. The Morgan fingerprint density at radius 3 is 0.578 bits per heavy atom. The zero-order valence-electron chi connectivity index (χ0n) is 43.5. The summed E-state index contributed by atoms with van der Waals surface area (Å²) in [6.07, 6.45) is 22.2. The molecule has 0 rings (SSSR count). The summed E-state index contributed by atoms with van der Waals surface area (Å²) in [6.45, 7) is 26.0. The van der Waals surface area contributed by atoms with Crippen LogP contribution >= 0.6 is 23.5 Å². The van der Waals surface area contributed by atoms with E-state index >= 15 is 13.7 Å². The molecule has 0 amide bonds. The van der Waals surface area contributed by atoms with Crippen LogP contribution in [0.5, 0.6) is 0 Å². The van der Waals surface area contributed by atoms with E-state index in [0.717, 1.165) is 154 Å². The number of hydrogen-bond acceptors (Lipinski definition) is 12. The molecule has 0 spiro atoms. The Kier molecular flexibility index (Phi) is 41.6. The Morgan fingerprint density at radius 2 is 0.453 bits per heavy atom. The van der Waals surface area contributed by atoms with Gasteiger partial charge in [-0.25, -0.2) is 0 Å². The first-order valence-corrected chi connectivity index (χ1v) is 34.9. The minimum absolute atomic E-state index is 0.0972. The predicted octanol–water partition coefficient (Wildman–Crippen LogP) is 17.7. The molecule has 0 aliphatic rings. The summed E-state index contributed by atoms with van der Waals surface area (Å²) in [6, 6.07) is 0. The molecule has 0 saturated carbocycles. The van der Waals surface area contributed by atoms with Crippen LogP contribution in [0.15, 0.2) is 0 Å². The summed E-state index contributed by atoms with van der Waals surface area (Å²) < 4.78 is 102. The van der Waals surface area contributed by atoms with Gasteiger partial charge in [-0.3, -0.25) is 0 Å². The fourth-order valence-corrected chi connectivity index (χ4v) is 22.8. The Bertz CT molecular complexity index is 1000. The summed E-state index contributed by atoms with van der Waals surface area (Å²) in [5, 5.41) is 0. The monoisotopic (exact) mass is 1080 g/mol. The number of unbranched alkanes of at least 4 members (excludes halogenated alkanes) is 6. The average Bonchev–Trinajstić information content (AvgIpc) is 3.29. The average molecular weight is 1080 g/mol. The van der Waals surface area contributed by atoms with Crippen LogP contribution in [-0.4, -0.2) is 62.4 Å². The molecule has 0 saturated heterocycles. The van der Waals surface area contributed by atoms with Crippen molar-refractivity contribution in [1.29, 1.82) is 0 Å². The van der Waals surface area contributed by atoms with Crippen LogP contribution in [0.1, 0.15) is 237 Å². The Morgan fingerprint density at radius 1 is 0.297 bits per heavy atom. The molecule has 0 radical (unpaired) electrons. The third-order valence-electron chi connectivity index (χ3n) is 12.7. The van der Waals surface area contributed by atoms with Gasteiger partial charge in [-0.05, 0) is 0 Å². The van der Waals surface area contributed by atoms with E-state index in [2.05, 4.69) is 83.1 Å². The van der Waals surface area contributed by atoms with Crippen molar-refractivity contribution in [2.45, 2.75) is 237 Å². The molecule has 6 unspecified atom stereocenters. The zero-order chi connectivity index (χ0) is 48.1. The molecule has 0 aliphatic carbocycles. The second kappa shape index (κ2) is 40.9. The fourth-order valence-electron chi connectivity index (χ4n) is 7.24. The first-order valence-electron chi connectivity index (χ1n) is 26.5. The molecule has 0 heterocycles. The van der Waals surface area contributed by atoms with Gasteiger partial charge in [0.1, 0.15) is 0 Å². The van der Waals surface area contributed by atoms with Crippen LogP contribution in [0.25, 0.3) is 0 Å². The standard InChI is InChI=1S/3C16H35O4P.In/c3*1-5-9-11-15(7-3)13-19-21(17,18)20-14-16(8-4)12-10-6-2;/h3*15-16H,5-14H2,1-4H3,(H,17,18);/q;;;+3/p-3. The molecule has 16 heteroatoms. The van der Waals surface area contributed by atoms with Crippen molar-refractivity contribution < 1.29 is 48.8 Å². The fraction of sp³-hybridized carbons (Fsp3) is 1.00. The van der Waals surface area contributed by atoms with Gasteiger partial charge in [-0.1, -0.05) is 0 Å². The van der Waals surface area contributed by atoms with E-state index in [1.165, 1.54) is 0 Å².